The van der Waals surface area contributed by atoms with Crippen molar-refractivity contribution in [3.8, 4) is 0 Å². The van der Waals surface area contributed by atoms with Gasteiger partial charge < -0.3 is 9.64 Å². The molecule has 0 bridgehead atoms. The van der Waals surface area contributed by atoms with Crippen molar-refractivity contribution < 1.29 is 14.3 Å². The minimum Gasteiger partial charge on any atom is -0.449 e. The van der Waals surface area contributed by atoms with Crippen LogP contribution in [0.1, 0.15) is 52.9 Å². The Balaban J connectivity index is 2.38. The summed E-state index contributed by atoms with van der Waals surface area (Å²) in [5, 5.41) is 0.297. The average Bonchev–Trinajstić information content (AvgIpc) is 2.59. The van der Waals surface area contributed by atoms with Crippen LogP contribution in [0.5, 0.6) is 0 Å². The lowest BCUT2D eigenvalue weighted by Crippen LogP contribution is -2.53. The zero-order chi connectivity index (χ0) is 14.9. The van der Waals surface area contributed by atoms with E-state index in [0.717, 1.165) is 37.0 Å². The first-order chi connectivity index (χ1) is 9.45. The topological polar surface area (TPSA) is 49.9 Å². The second kappa shape index (κ2) is 5.68. The predicted octanol–water partition coefficient (Wildman–Crippen LogP) is 2.68. The second-order valence-electron chi connectivity index (χ2n) is 5.68. The van der Waals surface area contributed by atoms with Crippen molar-refractivity contribution >= 4 is 29.3 Å². The third kappa shape index (κ3) is 2.20. The van der Waals surface area contributed by atoms with E-state index in [1.54, 1.807) is 6.92 Å². The lowest BCUT2D eigenvalue weighted by molar-refractivity contribution is -0.134. The number of thiocarbonyl (C=S) groups is 1. The summed E-state index contributed by atoms with van der Waals surface area (Å²) in [7, 11) is 0. The fourth-order valence-corrected chi connectivity index (χ4v) is 3.89. The molecule has 1 saturated carbocycles. The maximum Gasteiger partial charge on any atom is 0.423 e. The Morgan fingerprint density at radius 2 is 1.95 bits per heavy atom. The smallest absolute Gasteiger partial charge is 0.423 e. The molecule has 0 radical (unpaired) electrons. The number of carbonyl (C=O) groups is 2. The SMILES string of the molecule is CCOC(=O)N1C(=O)C2(CCCCC2)N(C(C)C)C1=S. The van der Waals surface area contributed by atoms with Gasteiger partial charge in [0.05, 0.1) is 6.61 Å². The van der Waals surface area contributed by atoms with Gasteiger partial charge in [-0.2, -0.15) is 4.90 Å². The van der Waals surface area contributed by atoms with Crippen LogP contribution in [-0.4, -0.2) is 45.1 Å². The second-order valence-corrected chi connectivity index (χ2v) is 6.04. The van der Waals surface area contributed by atoms with E-state index in [-0.39, 0.29) is 18.6 Å². The minimum atomic E-state index is -0.643. The zero-order valence-corrected chi connectivity index (χ0v) is 13.2. The highest BCUT2D eigenvalue weighted by atomic mass is 32.1. The highest BCUT2D eigenvalue weighted by Crippen LogP contribution is 2.41. The van der Waals surface area contributed by atoms with Gasteiger partial charge in [-0.1, -0.05) is 19.3 Å². The Morgan fingerprint density at radius 1 is 1.35 bits per heavy atom. The van der Waals surface area contributed by atoms with E-state index >= 15 is 0 Å². The standard InChI is InChI=1S/C14H22N2O3S/c1-4-19-13(18)15-11(17)14(8-6-5-7-9-14)16(10(2)3)12(15)20/h10H,4-9H2,1-3H3. The quantitative estimate of drug-likeness (QED) is 0.734. The predicted molar refractivity (Wildman–Crippen MR) is 79.3 cm³/mol. The van der Waals surface area contributed by atoms with Crippen LogP contribution in [0.25, 0.3) is 0 Å². The molecule has 0 atom stereocenters. The van der Waals surface area contributed by atoms with Crippen molar-refractivity contribution in [1.82, 2.24) is 9.80 Å². The van der Waals surface area contributed by atoms with E-state index in [2.05, 4.69) is 0 Å². The fourth-order valence-electron chi connectivity index (χ4n) is 3.34. The Morgan fingerprint density at radius 3 is 2.45 bits per heavy atom. The molecular weight excluding hydrogens is 276 g/mol. The summed E-state index contributed by atoms with van der Waals surface area (Å²) < 4.78 is 4.98. The third-order valence-corrected chi connectivity index (χ3v) is 4.49. The molecular formula is C14H22N2O3S. The number of hydrogen-bond acceptors (Lipinski definition) is 4. The first kappa shape index (κ1) is 15.2. The van der Waals surface area contributed by atoms with Crippen LogP contribution < -0.4 is 0 Å². The van der Waals surface area contributed by atoms with Gasteiger partial charge in [-0.3, -0.25) is 4.79 Å². The fraction of sp³-hybridized carbons (Fsp3) is 0.786. The van der Waals surface area contributed by atoms with E-state index in [9.17, 15) is 9.59 Å². The summed E-state index contributed by atoms with van der Waals surface area (Å²) >= 11 is 5.39. The molecule has 1 heterocycles. The zero-order valence-electron chi connectivity index (χ0n) is 12.3. The maximum atomic E-state index is 12.8. The molecule has 1 aliphatic heterocycles. The molecule has 1 saturated heterocycles. The Hall–Kier alpha value is -1.17. The number of ether oxygens (including phenoxy) is 1. The molecule has 5 nitrogen and oxygen atoms in total. The molecule has 2 fully saturated rings. The van der Waals surface area contributed by atoms with Gasteiger partial charge in [-0.25, -0.2) is 4.79 Å². The number of carbonyl (C=O) groups excluding carboxylic acids is 2. The number of nitrogens with zero attached hydrogens (tertiary/aromatic N) is 2. The summed E-state index contributed by atoms with van der Waals surface area (Å²) in [6, 6.07) is 0.0870. The first-order valence-corrected chi connectivity index (χ1v) is 7.71. The van der Waals surface area contributed by atoms with E-state index in [0.29, 0.717) is 5.11 Å². The van der Waals surface area contributed by atoms with Gasteiger partial charge >= 0.3 is 6.09 Å². The molecule has 2 amide bonds. The first-order valence-electron chi connectivity index (χ1n) is 7.30. The highest BCUT2D eigenvalue weighted by Gasteiger charge is 2.58. The summed E-state index contributed by atoms with van der Waals surface area (Å²) in [6.45, 7) is 5.97. The monoisotopic (exact) mass is 298 g/mol. The maximum absolute atomic E-state index is 12.8. The lowest BCUT2D eigenvalue weighted by atomic mass is 9.80. The van der Waals surface area contributed by atoms with Gasteiger partial charge in [0, 0.05) is 6.04 Å². The van der Waals surface area contributed by atoms with Gasteiger partial charge in [0.15, 0.2) is 5.11 Å². The third-order valence-electron chi connectivity index (χ3n) is 4.11. The van der Waals surface area contributed by atoms with Crippen molar-refractivity contribution in [3.05, 3.63) is 0 Å². The molecule has 0 unspecified atom stereocenters. The molecule has 20 heavy (non-hydrogen) atoms. The number of hydrogen-bond donors (Lipinski definition) is 0. The Bertz CT molecular complexity index is 430. The van der Waals surface area contributed by atoms with Crippen LogP contribution in [0.4, 0.5) is 4.79 Å². The van der Waals surface area contributed by atoms with Crippen LogP contribution in [0.3, 0.4) is 0 Å². The average molecular weight is 298 g/mol. The molecule has 112 valence electrons. The van der Waals surface area contributed by atoms with Gasteiger partial charge in [-0.15, -0.1) is 0 Å². The van der Waals surface area contributed by atoms with Crippen molar-refractivity contribution in [2.45, 2.75) is 64.5 Å². The molecule has 0 aromatic rings. The van der Waals surface area contributed by atoms with Crippen molar-refractivity contribution in [1.29, 1.82) is 0 Å². The molecule has 1 aliphatic carbocycles. The number of amides is 2. The molecule has 2 rings (SSSR count). The Kier molecular flexibility index (Phi) is 4.32. The number of rotatable bonds is 2. The molecule has 6 heteroatoms. The lowest BCUT2D eigenvalue weighted by Gasteiger charge is -2.41. The highest BCUT2D eigenvalue weighted by molar-refractivity contribution is 7.80. The Labute approximate surface area is 125 Å². The largest absolute Gasteiger partial charge is 0.449 e. The van der Waals surface area contributed by atoms with Gasteiger partial charge in [0.25, 0.3) is 5.91 Å². The normalized spacial score (nSPS) is 22.0. The van der Waals surface area contributed by atoms with Crippen LogP contribution >= 0.6 is 12.2 Å². The van der Waals surface area contributed by atoms with E-state index in [1.165, 1.54) is 0 Å². The van der Waals surface area contributed by atoms with Crippen molar-refractivity contribution in [2.75, 3.05) is 6.61 Å². The van der Waals surface area contributed by atoms with Crippen molar-refractivity contribution in [2.24, 2.45) is 0 Å². The summed E-state index contributed by atoms with van der Waals surface area (Å²) in [5.41, 5.74) is -0.629. The molecule has 0 aromatic heterocycles. The van der Waals surface area contributed by atoms with E-state index in [1.807, 2.05) is 18.7 Å². The van der Waals surface area contributed by atoms with E-state index in [4.69, 9.17) is 17.0 Å². The van der Waals surface area contributed by atoms with Crippen LogP contribution in [0, 0.1) is 0 Å². The van der Waals surface area contributed by atoms with Crippen LogP contribution in [0.2, 0.25) is 0 Å². The molecule has 2 aliphatic rings. The molecule has 0 N–H and O–H groups in total. The van der Waals surface area contributed by atoms with Crippen LogP contribution in [-0.2, 0) is 9.53 Å². The van der Waals surface area contributed by atoms with Gasteiger partial charge in [-0.05, 0) is 45.8 Å². The molecule has 1 spiro atoms. The minimum absolute atomic E-state index is 0.0870. The summed E-state index contributed by atoms with van der Waals surface area (Å²) in [4.78, 5) is 27.9. The summed E-state index contributed by atoms with van der Waals surface area (Å²) in [6.07, 6.45) is 4.01. The number of imide groups is 1. The van der Waals surface area contributed by atoms with Gasteiger partial charge in [0.1, 0.15) is 5.54 Å². The molecule has 0 aromatic carbocycles. The van der Waals surface area contributed by atoms with E-state index < -0.39 is 11.6 Å². The van der Waals surface area contributed by atoms with Crippen molar-refractivity contribution in [3.63, 3.8) is 0 Å². The van der Waals surface area contributed by atoms with Gasteiger partial charge in [0.2, 0.25) is 0 Å². The summed E-state index contributed by atoms with van der Waals surface area (Å²) in [5.74, 6) is -0.200. The van der Waals surface area contributed by atoms with Crippen LogP contribution in [0.15, 0.2) is 0 Å².